The Kier molecular flexibility index (Phi) is 5.77. The third-order valence-corrected chi connectivity index (χ3v) is 4.18. The largest absolute Gasteiger partial charge is 0.363 e. The molecule has 0 amide bonds. The molecule has 0 aliphatic carbocycles. The van der Waals surface area contributed by atoms with E-state index in [0.717, 1.165) is 18.3 Å². The van der Waals surface area contributed by atoms with E-state index in [4.69, 9.17) is 0 Å². The second kappa shape index (κ2) is 7.79. The number of rotatable bonds is 5. The van der Waals surface area contributed by atoms with Crippen molar-refractivity contribution in [3.8, 4) is 0 Å². The van der Waals surface area contributed by atoms with Crippen molar-refractivity contribution >= 4 is 23.1 Å². The molecule has 118 valence electrons. The van der Waals surface area contributed by atoms with Crippen molar-refractivity contribution in [2.24, 2.45) is 4.99 Å². The van der Waals surface area contributed by atoms with E-state index in [1.54, 1.807) is 18.4 Å². The van der Waals surface area contributed by atoms with Crippen molar-refractivity contribution in [2.45, 2.75) is 20.0 Å². The molecule has 2 heterocycles. The predicted octanol–water partition coefficient (Wildman–Crippen LogP) is 2.38. The summed E-state index contributed by atoms with van der Waals surface area (Å²) in [4.78, 5) is 13.2. The summed E-state index contributed by atoms with van der Waals surface area (Å²) in [6.07, 6.45) is 1.83. The number of hydrogen-bond acceptors (Lipinski definition) is 4. The summed E-state index contributed by atoms with van der Waals surface area (Å²) < 4.78 is 0. The van der Waals surface area contributed by atoms with Gasteiger partial charge in [-0.2, -0.15) is 0 Å². The van der Waals surface area contributed by atoms with E-state index >= 15 is 0 Å². The number of aliphatic imine (C=N–C) groups is 1. The second-order valence-corrected chi connectivity index (χ2v) is 6.58. The number of aromatic nitrogens is 1. The number of hydrogen-bond donors (Lipinski definition) is 2. The minimum Gasteiger partial charge on any atom is -0.363 e. The fourth-order valence-electron chi connectivity index (χ4n) is 1.97. The fourth-order valence-corrected chi connectivity index (χ4v) is 2.80. The van der Waals surface area contributed by atoms with Gasteiger partial charge in [-0.3, -0.25) is 4.99 Å². The van der Waals surface area contributed by atoms with Gasteiger partial charge in [-0.15, -0.1) is 11.3 Å². The third-order valence-electron chi connectivity index (χ3n) is 3.18. The van der Waals surface area contributed by atoms with Crippen LogP contribution < -0.4 is 15.5 Å². The summed E-state index contributed by atoms with van der Waals surface area (Å²) in [5, 5.41) is 6.66. The Bertz CT molecular complexity index is 633. The minimum absolute atomic E-state index is 0.715. The number of pyridine rings is 1. The summed E-state index contributed by atoms with van der Waals surface area (Å²) >= 11 is 1.80. The standard InChI is InChI=1S/C16H23N5S/c1-12-5-6-14(22-12)11-20-16(17-2)19-10-13-7-8-18-15(9-13)21(3)4/h5-9H,10-11H2,1-4H3,(H2,17,19,20). The molecule has 2 aromatic heterocycles. The molecule has 0 saturated carbocycles. The first-order valence-corrected chi connectivity index (χ1v) is 8.02. The van der Waals surface area contributed by atoms with Gasteiger partial charge in [0.2, 0.25) is 0 Å². The molecule has 0 bridgehead atoms. The van der Waals surface area contributed by atoms with Gasteiger partial charge in [0.1, 0.15) is 5.82 Å². The van der Waals surface area contributed by atoms with Gasteiger partial charge >= 0.3 is 0 Å². The van der Waals surface area contributed by atoms with Crippen LogP contribution >= 0.6 is 11.3 Å². The average molecular weight is 317 g/mol. The number of aryl methyl sites for hydroxylation is 1. The lowest BCUT2D eigenvalue weighted by Gasteiger charge is -2.14. The van der Waals surface area contributed by atoms with E-state index in [1.807, 2.05) is 31.3 Å². The van der Waals surface area contributed by atoms with E-state index in [2.05, 4.69) is 45.7 Å². The van der Waals surface area contributed by atoms with Crippen LogP contribution in [0.1, 0.15) is 15.3 Å². The zero-order valence-corrected chi connectivity index (χ0v) is 14.4. The Hall–Kier alpha value is -2.08. The first-order chi connectivity index (χ1) is 10.6. The van der Waals surface area contributed by atoms with Gasteiger partial charge < -0.3 is 15.5 Å². The highest BCUT2D eigenvalue weighted by molar-refractivity contribution is 7.11. The highest BCUT2D eigenvalue weighted by atomic mass is 32.1. The maximum absolute atomic E-state index is 4.32. The summed E-state index contributed by atoms with van der Waals surface area (Å²) in [6.45, 7) is 3.62. The molecule has 6 heteroatoms. The quantitative estimate of drug-likeness (QED) is 0.657. The molecule has 0 atom stereocenters. The molecular weight excluding hydrogens is 294 g/mol. The van der Waals surface area contributed by atoms with Crippen LogP contribution in [0.25, 0.3) is 0 Å². The Morgan fingerprint density at radius 3 is 2.64 bits per heavy atom. The zero-order chi connectivity index (χ0) is 15.9. The van der Waals surface area contributed by atoms with Gasteiger partial charge in [0.25, 0.3) is 0 Å². The van der Waals surface area contributed by atoms with Crippen LogP contribution in [0.4, 0.5) is 5.82 Å². The van der Waals surface area contributed by atoms with E-state index in [1.165, 1.54) is 15.3 Å². The molecule has 22 heavy (non-hydrogen) atoms. The van der Waals surface area contributed by atoms with Gasteiger partial charge in [0, 0.05) is 43.6 Å². The topological polar surface area (TPSA) is 52.6 Å². The number of guanidine groups is 1. The lowest BCUT2D eigenvalue weighted by molar-refractivity contribution is 0.814. The predicted molar refractivity (Wildman–Crippen MR) is 94.7 cm³/mol. The molecule has 0 aliphatic heterocycles. The Morgan fingerprint density at radius 2 is 2.00 bits per heavy atom. The first-order valence-electron chi connectivity index (χ1n) is 7.20. The SMILES string of the molecule is CN=C(NCc1ccnc(N(C)C)c1)NCc1ccc(C)s1. The van der Waals surface area contributed by atoms with Crippen LogP contribution in [0.5, 0.6) is 0 Å². The lowest BCUT2D eigenvalue weighted by Crippen LogP contribution is -2.36. The Labute approximate surface area is 136 Å². The van der Waals surface area contributed by atoms with Gasteiger partial charge in [-0.1, -0.05) is 0 Å². The average Bonchev–Trinajstić information content (AvgIpc) is 2.93. The molecule has 0 unspecified atom stereocenters. The molecule has 0 aromatic carbocycles. The molecule has 0 aliphatic rings. The van der Waals surface area contributed by atoms with Crippen molar-refractivity contribution in [1.82, 2.24) is 15.6 Å². The molecule has 2 N–H and O–H groups in total. The van der Waals surface area contributed by atoms with Crippen LogP contribution in [0, 0.1) is 6.92 Å². The molecular formula is C16H23N5S. The van der Waals surface area contributed by atoms with Crippen molar-refractivity contribution in [3.63, 3.8) is 0 Å². The van der Waals surface area contributed by atoms with E-state index in [-0.39, 0.29) is 0 Å². The Morgan fingerprint density at radius 1 is 1.23 bits per heavy atom. The minimum atomic E-state index is 0.715. The fraction of sp³-hybridized carbons (Fsp3) is 0.375. The van der Waals surface area contributed by atoms with Crippen molar-refractivity contribution in [1.29, 1.82) is 0 Å². The monoisotopic (exact) mass is 317 g/mol. The van der Waals surface area contributed by atoms with Crippen LogP contribution in [-0.2, 0) is 13.1 Å². The number of anilines is 1. The van der Waals surface area contributed by atoms with Crippen LogP contribution in [0.15, 0.2) is 35.5 Å². The maximum atomic E-state index is 4.32. The van der Waals surface area contributed by atoms with Crippen molar-refractivity contribution in [3.05, 3.63) is 45.8 Å². The smallest absolute Gasteiger partial charge is 0.191 e. The molecule has 0 radical (unpaired) electrons. The van der Waals surface area contributed by atoms with Gasteiger partial charge in [-0.25, -0.2) is 4.98 Å². The number of thiophene rings is 1. The maximum Gasteiger partial charge on any atom is 0.191 e. The highest BCUT2D eigenvalue weighted by Crippen LogP contribution is 2.14. The Balaban J connectivity index is 1.87. The van der Waals surface area contributed by atoms with E-state index < -0.39 is 0 Å². The summed E-state index contributed by atoms with van der Waals surface area (Å²) in [5.41, 5.74) is 1.17. The first kappa shape index (κ1) is 16.3. The molecule has 0 fully saturated rings. The van der Waals surface area contributed by atoms with E-state index in [9.17, 15) is 0 Å². The van der Waals surface area contributed by atoms with Crippen LogP contribution in [-0.4, -0.2) is 32.1 Å². The van der Waals surface area contributed by atoms with Gasteiger partial charge in [0.15, 0.2) is 5.96 Å². The van der Waals surface area contributed by atoms with Crippen molar-refractivity contribution in [2.75, 3.05) is 26.0 Å². The van der Waals surface area contributed by atoms with Gasteiger partial charge in [0.05, 0.1) is 6.54 Å². The second-order valence-electron chi connectivity index (χ2n) is 5.21. The molecule has 2 rings (SSSR count). The molecule has 0 saturated heterocycles. The number of nitrogens with zero attached hydrogens (tertiary/aromatic N) is 3. The summed E-state index contributed by atoms with van der Waals surface area (Å²) in [6, 6.07) is 8.36. The van der Waals surface area contributed by atoms with Crippen LogP contribution in [0.2, 0.25) is 0 Å². The molecule has 5 nitrogen and oxygen atoms in total. The summed E-state index contributed by atoms with van der Waals surface area (Å²) in [7, 11) is 5.76. The van der Waals surface area contributed by atoms with E-state index in [0.29, 0.717) is 6.54 Å². The summed E-state index contributed by atoms with van der Waals surface area (Å²) in [5.74, 6) is 1.76. The lowest BCUT2D eigenvalue weighted by atomic mass is 10.2. The number of nitrogens with one attached hydrogen (secondary N) is 2. The molecule has 2 aromatic rings. The normalized spacial score (nSPS) is 11.4. The van der Waals surface area contributed by atoms with Gasteiger partial charge in [-0.05, 0) is 36.8 Å². The highest BCUT2D eigenvalue weighted by Gasteiger charge is 2.02. The zero-order valence-electron chi connectivity index (χ0n) is 13.6. The van der Waals surface area contributed by atoms with Crippen LogP contribution in [0.3, 0.4) is 0 Å². The van der Waals surface area contributed by atoms with Crippen molar-refractivity contribution < 1.29 is 0 Å². The molecule has 0 spiro atoms. The third kappa shape index (κ3) is 4.73.